The van der Waals surface area contributed by atoms with Crippen LogP contribution in [0, 0.1) is 17.2 Å². The lowest BCUT2D eigenvalue weighted by Gasteiger charge is -2.19. The van der Waals surface area contributed by atoms with E-state index in [-0.39, 0.29) is 12.0 Å². The van der Waals surface area contributed by atoms with Gasteiger partial charge in [-0.15, -0.1) is 0 Å². The molecule has 1 aliphatic carbocycles. The van der Waals surface area contributed by atoms with Gasteiger partial charge in [0.05, 0.1) is 24.8 Å². The van der Waals surface area contributed by atoms with E-state index in [0.29, 0.717) is 5.02 Å². The van der Waals surface area contributed by atoms with Gasteiger partial charge in [-0.3, -0.25) is 0 Å². The van der Waals surface area contributed by atoms with Crippen molar-refractivity contribution in [3.05, 3.63) is 23.2 Å². The van der Waals surface area contributed by atoms with Crippen LogP contribution >= 0.6 is 11.6 Å². The molecule has 0 heterocycles. The number of benzene rings is 1. The summed E-state index contributed by atoms with van der Waals surface area (Å²) >= 11 is 5.97. The number of rotatable bonds is 3. The SMILES string of the molecule is COc1ccc(Cl)cc1NC1CCCC1C#N. The molecule has 4 heteroatoms. The average molecular weight is 251 g/mol. The molecule has 0 saturated heterocycles. The van der Waals surface area contributed by atoms with Crippen LogP contribution in [0.3, 0.4) is 0 Å². The van der Waals surface area contributed by atoms with E-state index in [4.69, 9.17) is 21.6 Å². The van der Waals surface area contributed by atoms with Crippen LogP contribution < -0.4 is 10.1 Å². The highest BCUT2D eigenvalue weighted by atomic mass is 35.5. The summed E-state index contributed by atoms with van der Waals surface area (Å²) in [5, 5.41) is 13.1. The molecule has 2 atom stereocenters. The van der Waals surface area contributed by atoms with E-state index >= 15 is 0 Å². The maximum Gasteiger partial charge on any atom is 0.142 e. The summed E-state index contributed by atoms with van der Waals surface area (Å²) in [6.07, 6.45) is 3.09. The van der Waals surface area contributed by atoms with Crippen LogP contribution in [0.2, 0.25) is 5.02 Å². The molecule has 17 heavy (non-hydrogen) atoms. The third-order valence-corrected chi connectivity index (χ3v) is 3.42. The van der Waals surface area contributed by atoms with Gasteiger partial charge in [0.25, 0.3) is 0 Å². The zero-order valence-corrected chi connectivity index (χ0v) is 10.5. The fraction of sp³-hybridized carbons (Fsp3) is 0.462. The molecule has 0 bridgehead atoms. The van der Waals surface area contributed by atoms with Crippen molar-refractivity contribution < 1.29 is 4.74 Å². The van der Waals surface area contributed by atoms with Crippen molar-refractivity contribution >= 4 is 17.3 Å². The first-order valence-corrected chi connectivity index (χ1v) is 6.12. The second-order valence-electron chi connectivity index (χ2n) is 4.26. The Labute approximate surface area is 106 Å². The van der Waals surface area contributed by atoms with Crippen molar-refractivity contribution in [1.82, 2.24) is 0 Å². The highest BCUT2D eigenvalue weighted by Gasteiger charge is 2.27. The number of halogens is 1. The highest BCUT2D eigenvalue weighted by Crippen LogP contribution is 2.33. The number of anilines is 1. The third-order valence-electron chi connectivity index (χ3n) is 3.18. The van der Waals surface area contributed by atoms with Gasteiger partial charge >= 0.3 is 0 Å². The number of methoxy groups -OCH3 is 1. The van der Waals surface area contributed by atoms with Gasteiger partial charge in [-0.25, -0.2) is 0 Å². The fourth-order valence-electron chi connectivity index (χ4n) is 2.28. The Hall–Kier alpha value is -1.40. The minimum atomic E-state index is 0.0821. The molecule has 1 aromatic rings. The normalized spacial score (nSPS) is 23.1. The summed E-state index contributed by atoms with van der Waals surface area (Å²) in [7, 11) is 1.63. The van der Waals surface area contributed by atoms with Crippen LogP contribution in [-0.4, -0.2) is 13.2 Å². The molecule has 2 unspecified atom stereocenters. The van der Waals surface area contributed by atoms with Crippen molar-refractivity contribution in [2.24, 2.45) is 5.92 Å². The first kappa shape index (κ1) is 12.1. The predicted molar refractivity (Wildman–Crippen MR) is 68.4 cm³/mol. The molecule has 0 spiro atoms. The first-order valence-electron chi connectivity index (χ1n) is 5.74. The smallest absolute Gasteiger partial charge is 0.142 e. The lowest BCUT2D eigenvalue weighted by molar-refractivity contribution is 0.415. The molecule has 1 saturated carbocycles. The van der Waals surface area contributed by atoms with Gasteiger partial charge in [-0.05, 0) is 37.5 Å². The van der Waals surface area contributed by atoms with Gasteiger partial charge in [0.2, 0.25) is 0 Å². The summed E-state index contributed by atoms with van der Waals surface area (Å²) in [5.41, 5.74) is 0.868. The maximum atomic E-state index is 9.05. The molecule has 0 radical (unpaired) electrons. The Balaban J connectivity index is 2.18. The van der Waals surface area contributed by atoms with Gasteiger partial charge < -0.3 is 10.1 Å². The molecule has 0 amide bonds. The number of hydrogen-bond donors (Lipinski definition) is 1. The first-order chi connectivity index (χ1) is 8.24. The van der Waals surface area contributed by atoms with E-state index < -0.39 is 0 Å². The van der Waals surface area contributed by atoms with Crippen LogP contribution in [0.1, 0.15) is 19.3 Å². The quantitative estimate of drug-likeness (QED) is 0.894. The van der Waals surface area contributed by atoms with Crippen LogP contribution in [-0.2, 0) is 0 Å². The zero-order chi connectivity index (χ0) is 12.3. The Morgan fingerprint density at radius 3 is 3.00 bits per heavy atom. The van der Waals surface area contributed by atoms with E-state index in [2.05, 4.69) is 11.4 Å². The molecule has 2 rings (SSSR count). The lowest BCUT2D eigenvalue weighted by atomic mass is 10.1. The van der Waals surface area contributed by atoms with Crippen molar-refractivity contribution in [3.8, 4) is 11.8 Å². The van der Waals surface area contributed by atoms with Gasteiger partial charge in [0.15, 0.2) is 0 Å². The monoisotopic (exact) mass is 250 g/mol. The molecule has 1 aliphatic rings. The second-order valence-corrected chi connectivity index (χ2v) is 4.70. The number of nitriles is 1. The number of ether oxygens (including phenoxy) is 1. The van der Waals surface area contributed by atoms with Crippen LogP contribution in [0.4, 0.5) is 5.69 Å². The Morgan fingerprint density at radius 2 is 2.29 bits per heavy atom. The summed E-state index contributed by atoms with van der Waals surface area (Å²) in [5.74, 6) is 0.844. The minimum Gasteiger partial charge on any atom is -0.495 e. The molecular formula is C13H15ClN2O. The lowest BCUT2D eigenvalue weighted by Crippen LogP contribution is -2.23. The van der Waals surface area contributed by atoms with E-state index in [1.54, 1.807) is 13.2 Å². The van der Waals surface area contributed by atoms with Crippen molar-refractivity contribution in [3.63, 3.8) is 0 Å². The van der Waals surface area contributed by atoms with Gasteiger partial charge in [0.1, 0.15) is 5.75 Å². The molecule has 1 fully saturated rings. The van der Waals surface area contributed by atoms with E-state index in [9.17, 15) is 0 Å². The molecule has 0 aliphatic heterocycles. The predicted octanol–water partition coefficient (Wildman–Crippen LogP) is 3.45. The van der Waals surface area contributed by atoms with Crippen molar-refractivity contribution in [2.75, 3.05) is 12.4 Å². The summed E-state index contributed by atoms with van der Waals surface area (Å²) in [6.45, 7) is 0. The summed E-state index contributed by atoms with van der Waals surface area (Å²) in [4.78, 5) is 0. The van der Waals surface area contributed by atoms with E-state index in [1.807, 2.05) is 12.1 Å². The zero-order valence-electron chi connectivity index (χ0n) is 9.74. The summed E-state index contributed by atoms with van der Waals surface area (Å²) < 4.78 is 5.28. The fourth-order valence-corrected chi connectivity index (χ4v) is 2.45. The molecule has 1 aromatic carbocycles. The molecular weight excluding hydrogens is 236 g/mol. The van der Waals surface area contributed by atoms with Crippen LogP contribution in [0.15, 0.2) is 18.2 Å². The Morgan fingerprint density at radius 1 is 1.47 bits per heavy atom. The van der Waals surface area contributed by atoms with E-state index in [0.717, 1.165) is 30.7 Å². The molecule has 3 nitrogen and oxygen atoms in total. The number of nitrogens with one attached hydrogen (secondary N) is 1. The van der Waals surface area contributed by atoms with Gasteiger partial charge in [-0.1, -0.05) is 11.6 Å². The van der Waals surface area contributed by atoms with E-state index in [1.165, 1.54) is 0 Å². The summed E-state index contributed by atoms with van der Waals surface area (Å²) in [6, 6.07) is 8.02. The standard InChI is InChI=1S/C13H15ClN2O/c1-17-13-6-5-10(14)7-12(13)16-11-4-2-3-9(11)8-15/h5-7,9,11,16H,2-4H2,1H3. The largest absolute Gasteiger partial charge is 0.495 e. The Kier molecular flexibility index (Phi) is 3.75. The Bertz CT molecular complexity index is 442. The topological polar surface area (TPSA) is 45.0 Å². The highest BCUT2D eigenvalue weighted by molar-refractivity contribution is 6.30. The average Bonchev–Trinajstić information content (AvgIpc) is 2.77. The number of hydrogen-bond acceptors (Lipinski definition) is 3. The molecule has 90 valence electrons. The molecule has 1 N–H and O–H groups in total. The van der Waals surface area contributed by atoms with Gasteiger partial charge in [0, 0.05) is 11.1 Å². The number of nitrogens with zero attached hydrogens (tertiary/aromatic N) is 1. The maximum absolute atomic E-state index is 9.05. The van der Waals surface area contributed by atoms with Crippen molar-refractivity contribution in [2.45, 2.75) is 25.3 Å². The third kappa shape index (κ3) is 2.65. The molecule has 0 aromatic heterocycles. The van der Waals surface area contributed by atoms with Crippen LogP contribution in [0.25, 0.3) is 0 Å². The van der Waals surface area contributed by atoms with Crippen LogP contribution in [0.5, 0.6) is 5.75 Å². The van der Waals surface area contributed by atoms with Crippen molar-refractivity contribution in [1.29, 1.82) is 5.26 Å². The van der Waals surface area contributed by atoms with Gasteiger partial charge in [-0.2, -0.15) is 5.26 Å². The second kappa shape index (κ2) is 5.29. The minimum absolute atomic E-state index is 0.0821.